The fourth-order valence-electron chi connectivity index (χ4n) is 2.60. The molecule has 2 rings (SSSR count). The molecule has 130 valence electrons. The lowest BCUT2D eigenvalue weighted by atomic mass is 9.99. The monoisotopic (exact) mass is 326 g/mol. The highest BCUT2D eigenvalue weighted by atomic mass is 16.8. The molecular weight excluding hydrogens is 304 g/mol. The van der Waals surface area contributed by atoms with Gasteiger partial charge in [0.2, 0.25) is 0 Å². The van der Waals surface area contributed by atoms with Crippen molar-refractivity contribution < 1.29 is 50.0 Å². The van der Waals surface area contributed by atoms with Crippen LogP contribution in [0.2, 0.25) is 0 Å². The molecule has 7 N–H and O–H groups in total. The van der Waals surface area contributed by atoms with Crippen LogP contribution in [0.25, 0.3) is 0 Å². The van der Waals surface area contributed by atoms with Crippen molar-refractivity contribution in [1.82, 2.24) is 0 Å². The summed E-state index contributed by atoms with van der Waals surface area (Å²) in [6.07, 6.45) is -9.76. The summed E-state index contributed by atoms with van der Waals surface area (Å²) in [4.78, 5) is 0. The molecule has 10 heteroatoms. The van der Waals surface area contributed by atoms with Crippen molar-refractivity contribution in [3.8, 4) is 0 Å². The molecule has 8 atom stereocenters. The van der Waals surface area contributed by atoms with Crippen LogP contribution in [0.4, 0.5) is 0 Å². The summed E-state index contributed by atoms with van der Waals surface area (Å²) in [5.41, 5.74) is 0. The molecule has 4 unspecified atom stereocenters. The molecule has 2 heterocycles. The van der Waals surface area contributed by atoms with Gasteiger partial charge in [-0.1, -0.05) is 0 Å². The summed E-state index contributed by atoms with van der Waals surface area (Å²) in [6.45, 7) is -1.82. The molecule has 10 nitrogen and oxygen atoms in total. The Bertz CT molecular complexity index is 366. The van der Waals surface area contributed by atoms with Gasteiger partial charge < -0.3 is 50.0 Å². The minimum absolute atomic E-state index is 0.191. The molecule has 0 saturated carbocycles. The highest BCUT2D eigenvalue weighted by molar-refractivity contribution is 4.92. The summed E-state index contributed by atoms with van der Waals surface area (Å²) >= 11 is 0. The smallest absolute Gasteiger partial charge is 0.197 e. The minimum atomic E-state index is -1.74. The van der Waals surface area contributed by atoms with E-state index >= 15 is 0 Å². The van der Waals surface area contributed by atoms with Gasteiger partial charge in [-0.25, -0.2) is 0 Å². The third-order valence-electron chi connectivity index (χ3n) is 3.92. The Morgan fingerprint density at radius 1 is 0.909 bits per heavy atom. The number of hydrogen-bond acceptors (Lipinski definition) is 10. The summed E-state index contributed by atoms with van der Waals surface area (Å²) in [6, 6.07) is 0. The van der Waals surface area contributed by atoms with Crippen LogP contribution in [-0.2, 0) is 14.2 Å². The zero-order valence-electron chi connectivity index (χ0n) is 11.7. The first-order valence-electron chi connectivity index (χ1n) is 6.93. The van der Waals surface area contributed by atoms with Crippen molar-refractivity contribution in [2.24, 2.45) is 0 Å². The number of hydrogen-bond donors (Lipinski definition) is 7. The van der Waals surface area contributed by atoms with Crippen LogP contribution < -0.4 is 0 Å². The summed E-state index contributed by atoms with van der Waals surface area (Å²) in [5, 5.41) is 66.6. The molecule has 2 saturated heterocycles. The maximum atomic E-state index is 9.89. The lowest BCUT2D eigenvalue weighted by Crippen LogP contribution is -2.61. The summed E-state index contributed by atoms with van der Waals surface area (Å²) < 4.78 is 15.8. The largest absolute Gasteiger partial charge is 0.394 e. The van der Waals surface area contributed by atoms with E-state index in [4.69, 9.17) is 24.4 Å². The van der Waals surface area contributed by atoms with Gasteiger partial charge in [0.05, 0.1) is 25.9 Å². The quantitative estimate of drug-likeness (QED) is 0.262. The minimum Gasteiger partial charge on any atom is -0.394 e. The fraction of sp³-hybridized carbons (Fsp3) is 1.00. The van der Waals surface area contributed by atoms with E-state index < -0.39 is 68.5 Å². The van der Waals surface area contributed by atoms with E-state index in [0.29, 0.717) is 0 Å². The molecule has 0 aromatic heterocycles. The normalized spacial score (nSPS) is 49.5. The Morgan fingerprint density at radius 2 is 1.55 bits per heavy atom. The van der Waals surface area contributed by atoms with Gasteiger partial charge >= 0.3 is 0 Å². The van der Waals surface area contributed by atoms with Crippen LogP contribution in [-0.4, -0.2) is 104 Å². The lowest BCUT2D eigenvalue weighted by Gasteiger charge is -2.42. The molecular formula is C12H22O10. The first-order chi connectivity index (χ1) is 10.4. The standard InChI is InChI=1S/C12H22O10/c13-2-6-5(16)1-12(4-15,21-6)22-11-10(19)9(18)8(17)7(3-14)20-11/h5-11,13-19H,1-4H2/t5?,6-,7?,8+,9?,10?,11+,12+/m0/s1. The van der Waals surface area contributed by atoms with Crippen molar-refractivity contribution in [1.29, 1.82) is 0 Å². The van der Waals surface area contributed by atoms with Crippen LogP contribution in [0, 0.1) is 0 Å². The topological polar surface area (TPSA) is 169 Å². The van der Waals surface area contributed by atoms with Gasteiger partial charge in [0, 0.05) is 6.42 Å². The summed E-state index contributed by atoms with van der Waals surface area (Å²) in [5.74, 6) is -1.74. The van der Waals surface area contributed by atoms with Crippen LogP contribution in [0.3, 0.4) is 0 Å². The van der Waals surface area contributed by atoms with Gasteiger partial charge in [0.15, 0.2) is 12.1 Å². The van der Waals surface area contributed by atoms with E-state index in [9.17, 15) is 25.5 Å². The molecule has 0 aromatic rings. The Hall–Kier alpha value is -0.400. The van der Waals surface area contributed by atoms with Crippen LogP contribution >= 0.6 is 0 Å². The van der Waals surface area contributed by atoms with Crippen molar-refractivity contribution in [3.05, 3.63) is 0 Å². The maximum Gasteiger partial charge on any atom is 0.197 e. The Kier molecular flexibility index (Phi) is 5.72. The lowest BCUT2D eigenvalue weighted by molar-refractivity contribution is -0.371. The van der Waals surface area contributed by atoms with Crippen LogP contribution in [0.5, 0.6) is 0 Å². The first-order valence-corrected chi connectivity index (χ1v) is 6.93. The van der Waals surface area contributed by atoms with Gasteiger partial charge in [-0.15, -0.1) is 0 Å². The van der Waals surface area contributed by atoms with E-state index in [2.05, 4.69) is 0 Å². The van der Waals surface area contributed by atoms with Crippen LogP contribution in [0.1, 0.15) is 6.42 Å². The van der Waals surface area contributed by atoms with E-state index in [1.807, 2.05) is 0 Å². The van der Waals surface area contributed by atoms with Gasteiger partial charge in [-0.05, 0) is 0 Å². The maximum absolute atomic E-state index is 9.89. The van der Waals surface area contributed by atoms with Crippen molar-refractivity contribution in [2.75, 3.05) is 19.8 Å². The predicted molar refractivity (Wildman–Crippen MR) is 67.3 cm³/mol. The SMILES string of the molecule is OCC1O[C@H](O[C@@]2(CO)CC(O)[C@H](CO)O2)C(O)C(O)[C@@H]1O. The van der Waals surface area contributed by atoms with Crippen molar-refractivity contribution in [3.63, 3.8) is 0 Å². The second-order valence-electron chi connectivity index (χ2n) is 5.49. The van der Waals surface area contributed by atoms with Gasteiger partial charge in [-0.2, -0.15) is 0 Å². The van der Waals surface area contributed by atoms with E-state index in [1.54, 1.807) is 0 Å². The Labute approximate surface area is 126 Å². The third-order valence-corrected chi connectivity index (χ3v) is 3.92. The summed E-state index contributed by atoms with van der Waals surface area (Å²) in [7, 11) is 0. The molecule has 2 aliphatic heterocycles. The molecule has 0 spiro atoms. The van der Waals surface area contributed by atoms with Gasteiger partial charge in [0.25, 0.3) is 0 Å². The average Bonchev–Trinajstić information content (AvgIpc) is 2.84. The number of rotatable bonds is 5. The molecule has 0 aliphatic carbocycles. The third kappa shape index (κ3) is 3.26. The molecule has 22 heavy (non-hydrogen) atoms. The molecule has 0 aromatic carbocycles. The van der Waals surface area contributed by atoms with E-state index in [1.165, 1.54) is 0 Å². The predicted octanol–water partition coefficient (Wildman–Crippen LogP) is -4.37. The van der Waals surface area contributed by atoms with E-state index in [0.717, 1.165) is 0 Å². The zero-order valence-corrected chi connectivity index (χ0v) is 11.7. The number of aliphatic hydroxyl groups is 7. The highest BCUT2D eigenvalue weighted by Crippen LogP contribution is 2.35. The van der Waals surface area contributed by atoms with Crippen LogP contribution in [0.15, 0.2) is 0 Å². The van der Waals surface area contributed by atoms with Gasteiger partial charge in [0.1, 0.15) is 30.5 Å². The zero-order chi connectivity index (χ0) is 16.5. The van der Waals surface area contributed by atoms with Crippen molar-refractivity contribution >= 4 is 0 Å². The second kappa shape index (κ2) is 7.01. The molecule has 2 aliphatic rings. The Morgan fingerprint density at radius 3 is 2.05 bits per heavy atom. The number of aliphatic hydroxyl groups excluding tert-OH is 7. The van der Waals surface area contributed by atoms with Crippen molar-refractivity contribution in [2.45, 2.75) is 55.1 Å². The average molecular weight is 326 g/mol. The van der Waals surface area contributed by atoms with E-state index in [-0.39, 0.29) is 6.42 Å². The highest BCUT2D eigenvalue weighted by Gasteiger charge is 2.52. The molecule has 0 radical (unpaired) electrons. The Balaban J connectivity index is 2.10. The van der Waals surface area contributed by atoms with Gasteiger partial charge in [-0.3, -0.25) is 0 Å². The molecule has 2 fully saturated rings. The number of ether oxygens (including phenoxy) is 3. The molecule has 0 bridgehead atoms. The molecule has 0 amide bonds. The fourth-order valence-corrected chi connectivity index (χ4v) is 2.60. The second-order valence-corrected chi connectivity index (χ2v) is 5.49. The first kappa shape index (κ1) is 17.9.